The van der Waals surface area contributed by atoms with Gasteiger partial charge in [-0.1, -0.05) is 0 Å². The van der Waals surface area contributed by atoms with Gasteiger partial charge in [-0.2, -0.15) is 10.4 Å². The Balaban J connectivity index is 1.79. The second-order valence-electron chi connectivity index (χ2n) is 6.54. The Hall–Kier alpha value is -2.98. The Morgan fingerprint density at radius 1 is 1.52 bits per heavy atom. The van der Waals surface area contributed by atoms with Crippen LogP contribution < -0.4 is 5.73 Å². The molecule has 0 radical (unpaired) electrons. The van der Waals surface area contributed by atoms with E-state index < -0.39 is 42.8 Å². The molecule has 0 amide bonds. The normalized spacial score (nSPS) is 27.5. The molecule has 1 fully saturated rings. The number of rotatable bonds is 6. The average molecular weight is 407 g/mol. The van der Waals surface area contributed by atoms with E-state index in [1.165, 1.54) is 24.0 Å². The van der Waals surface area contributed by atoms with Crippen LogP contribution in [-0.2, 0) is 24.5 Å². The van der Waals surface area contributed by atoms with Gasteiger partial charge in [-0.05, 0) is 19.1 Å². The van der Waals surface area contributed by atoms with Crippen LogP contribution in [0.1, 0.15) is 12.6 Å². The number of hydrogen-bond donors (Lipinski definition) is 3. The summed E-state index contributed by atoms with van der Waals surface area (Å²) < 4.78 is 21.7. The summed E-state index contributed by atoms with van der Waals surface area (Å²) in [4.78, 5) is 15.6. The fraction of sp³-hybridized carbons (Fsp3) is 0.529. The van der Waals surface area contributed by atoms with Gasteiger partial charge in [-0.3, -0.25) is 0 Å². The maximum Gasteiger partial charge on any atom is 0.508 e. The molecule has 0 unspecified atom stereocenters. The summed E-state index contributed by atoms with van der Waals surface area (Å²) in [6.07, 6.45) is -4.68. The van der Waals surface area contributed by atoms with Crippen LogP contribution in [0, 0.1) is 11.3 Å². The molecule has 2 aromatic heterocycles. The van der Waals surface area contributed by atoms with Crippen LogP contribution >= 0.6 is 0 Å². The van der Waals surface area contributed by atoms with Crippen molar-refractivity contribution in [1.29, 1.82) is 5.26 Å². The summed E-state index contributed by atoms with van der Waals surface area (Å²) in [6.45, 7) is 1.35. The van der Waals surface area contributed by atoms with E-state index >= 15 is 0 Å². The van der Waals surface area contributed by atoms with Crippen LogP contribution in [0.15, 0.2) is 18.5 Å². The molecule has 5 atom stereocenters. The number of ether oxygens (including phenoxy) is 4. The number of nitrogens with two attached hydrogens (primary N) is 1. The summed E-state index contributed by atoms with van der Waals surface area (Å²) in [5.41, 5.74) is 4.38. The third-order valence-electron chi connectivity index (χ3n) is 4.55. The van der Waals surface area contributed by atoms with Crippen LogP contribution in [0.4, 0.5) is 10.6 Å². The number of nitrogen functional groups attached to an aromatic ring is 1. The van der Waals surface area contributed by atoms with Crippen LogP contribution in [0.2, 0.25) is 0 Å². The predicted molar refractivity (Wildman–Crippen MR) is 95.3 cm³/mol. The number of fused-ring (bicyclic) bond motifs is 1. The molecular formula is C17H21N5O7. The minimum atomic E-state index is -1.96. The molecule has 1 aliphatic heterocycles. The van der Waals surface area contributed by atoms with Gasteiger partial charge in [0.05, 0.1) is 12.3 Å². The maximum absolute atomic E-state index is 11.7. The number of aromatic nitrogens is 3. The smallest absolute Gasteiger partial charge is 0.431 e. The van der Waals surface area contributed by atoms with Gasteiger partial charge < -0.3 is 34.9 Å². The van der Waals surface area contributed by atoms with Gasteiger partial charge in [0.1, 0.15) is 48.9 Å². The van der Waals surface area contributed by atoms with Gasteiger partial charge in [-0.25, -0.2) is 14.3 Å². The largest absolute Gasteiger partial charge is 0.508 e. The molecule has 1 saturated heterocycles. The first-order valence-electron chi connectivity index (χ1n) is 8.70. The summed E-state index contributed by atoms with van der Waals surface area (Å²) in [5.74, 6) is 0.167. The van der Waals surface area contributed by atoms with E-state index in [4.69, 9.17) is 24.7 Å². The highest BCUT2D eigenvalue weighted by Gasteiger charge is 2.57. The zero-order chi connectivity index (χ0) is 21.2. The number of aliphatic hydroxyl groups is 2. The van der Waals surface area contributed by atoms with Crippen molar-refractivity contribution in [3.05, 3.63) is 24.2 Å². The lowest BCUT2D eigenvalue weighted by atomic mass is 9.92. The van der Waals surface area contributed by atoms with E-state index in [2.05, 4.69) is 10.1 Å². The van der Waals surface area contributed by atoms with Crippen molar-refractivity contribution in [3.63, 3.8) is 0 Å². The van der Waals surface area contributed by atoms with Gasteiger partial charge in [0.2, 0.25) is 5.60 Å². The third kappa shape index (κ3) is 3.68. The minimum Gasteiger partial charge on any atom is -0.431 e. The molecule has 0 bridgehead atoms. The van der Waals surface area contributed by atoms with Gasteiger partial charge in [0, 0.05) is 7.11 Å². The number of carbonyl (C=O) groups is 1. The number of carbonyl (C=O) groups excluding carboxylic acids is 1. The highest BCUT2D eigenvalue weighted by atomic mass is 16.7. The van der Waals surface area contributed by atoms with E-state index in [1.807, 2.05) is 6.07 Å². The molecule has 3 heterocycles. The number of aliphatic hydroxyl groups excluding tert-OH is 2. The van der Waals surface area contributed by atoms with Crippen LogP contribution in [0.3, 0.4) is 0 Å². The SMILES string of the molecule is COC[C@H](C)OC(=O)OC[C@H]1O[C@@](C#N)(c2ccc3c(N)ncnn23)[C@H](O)[C@@H]1O. The Labute approximate surface area is 165 Å². The Kier molecular flexibility index (Phi) is 5.85. The molecular weight excluding hydrogens is 386 g/mol. The Morgan fingerprint density at radius 2 is 2.28 bits per heavy atom. The van der Waals surface area contributed by atoms with Crippen molar-refractivity contribution in [2.24, 2.45) is 0 Å². The molecule has 0 saturated carbocycles. The lowest BCUT2D eigenvalue weighted by molar-refractivity contribution is -0.0762. The van der Waals surface area contributed by atoms with Crippen molar-refractivity contribution in [2.75, 3.05) is 26.1 Å². The molecule has 29 heavy (non-hydrogen) atoms. The first-order chi connectivity index (χ1) is 13.8. The predicted octanol–water partition coefficient (Wildman–Crippen LogP) is -0.661. The monoisotopic (exact) mass is 407 g/mol. The molecule has 1 aliphatic rings. The lowest BCUT2D eigenvalue weighted by Crippen LogP contribution is -2.41. The molecule has 0 aromatic carbocycles. The highest BCUT2D eigenvalue weighted by molar-refractivity contribution is 5.66. The Morgan fingerprint density at radius 3 is 2.97 bits per heavy atom. The van der Waals surface area contributed by atoms with Crippen LogP contribution in [-0.4, -0.2) is 75.7 Å². The van der Waals surface area contributed by atoms with E-state index in [9.17, 15) is 20.3 Å². The molecule has 2 aromatic rings. The van der Waals surface area contributed by atoms with Crippen molar-refractivity contribution < 1.29 is 34.0 Å². The van der Waals surface area contributed by atoms with Gasteiger partial charge >= 0.3 is 6.16 Å². The van der Waals surface area contributed by atoms with Crippen molar-refractivity contribution in [3.8, 4) is 6.07 Å². The molecule has 3 rings (SSSR count). The quantitative estimate of drug-likeness (QED) is 0.518. The molecule has 0 aliphatic carbocycles. The molecule has 4 N–H and O–H groups in total. The summed E-state index contributed by atoms with van der Waals surface area (Å²) >= 11 is 0. The standard InChI is InChI=1S/C17H21N5O7/c1-9(5-26-2)28-16(25)27-6-11-13(23)14(24)17(7-18,29-11)12-4-3-10-15(19)20-8-21-22(10)12/h3-4,8-9,11,13-14,23-24H,5-6H2,1-2H3,(H2,19,20,21)/t9-,11+,13+,14+,17-/m0/s1. The molecule has 12 nitrogen and oxygen atoms in total. The average Bonchev–Trinajstić information content (AvgIpc) is 3.23. The fourth-order valence-corrected chi connectivity index (χ4v) is 3.17. The van der Waals surface area contributed by atoms with E-state index in [0.29, 0.717) is 5.52 Å². The third-order valence-corrected chi connectivity index (χ3v) is 4.55. The number of hydrogen-bond acceptors (Lipinski definition) is 11. The summed E-state index contributed by atoms with van der Waals surface area (Å²) in [5, 5.41) is 34.8. The van der Waals surface area contributed by atoms with E-state index in [-0.39, 0.29) is 18.1 Å². The second-order valence-corrected chi connectivity index (χ2v) is 6.54. The second kappa shape index (κ2) is 8.18. The van der Waals surface area contributed by atoms with Crippen LogP contribution in [0.5, 0.6) is 0 Å². The first-order valence-corrected chi connectivity index (χ1v) is 8.70. The number of methoxy groups -OCH3 is 1. The topological polar surface area (TPSA) is 174 Å². The van der Waals surface area contributed by atoms with E-state index in [0.717, 1.165) is 0 Å². The van der Waals surface area contributed by atoms with Gasteiger partial charge in [0.15, 0.2) is 5.82 Å². The number of nitriles is 1. The zero-order valence-corrected chi connectivity index (χ0v) is 15.8. The number of anilines is 1. The van der Waals surface area contributed by atoms with Crippen LogP contribution in [0.25, 0.3) is 5.52 Å². The van der Waals surface area contributed by atoms with Crippen molar-refractivity contribution in [2.45, 2.75) is 36.9 Å². The van der Waals surface area contributed by atoms with Crippen molar-refractivity contribution >= 4 is 17.5 Å². The molecule has 12 heteroatoms. The number of nitrogens with zero attached hydrogens (tertiary/aromatic N) is 4. The Bertz CT molecular complexity index is 929. The molecule has 156 valence electrons. The zero-order valence-electron chi connectivity index (χ0n) is 15.8. The van der Waals surface area contributed by atoms with Crippen molar-refractivity contribution in [1.82, 2.24) is 14.6 Å². The minimum absolute atomic E-state index is 0.148. The first kappa shape index (κ1) is 20.7. The van der Waals surface area contributed by atoms with E-state index in [1.54, 1.807) is 13.0 Å². The fourth-order valence-electron chi connectivity index (χ4n) is 3.17. The van der Waals surface area contributed by atoms with Gasteiger partial charge in [0.25, 0.3) is 0 Å². The van der Waals surface area contributed by atoms with Gasteiger partial charge in [-0.15, -0.1) is 0 Å². The lowest BCUT2D eigenvalue weighted by Gasteiger charge is -2.24. The summed E-state index contributed by atoms with van der Waals surface area (Å²) in [7, 11) is 1.46. The summed E-state index contributed by atoms with van der Waals surface area (Å²) in [6, 6.07) is 4.95. The highest BCUT2D eigenvalue weighted by Crippen LogP contribution is 2.40. The maximum atomic E-state index is 11.7. The molecule has 0 spiro atoms.